The summed E-state index contributed by atoms with van der Waals surface area (Å²) < 4.78 is 11.6. The molecule has 1 fully saturated rings. The van der Waals surface area contributed by atoms with Gasteiger partial charge in [0.25, 0.3) is 5.91 Å². The van der Waals surface area contributed by atoms with Crippen molar-refractivity contribution in [1.29, 1.82) is 0 Å². The molecule has 5 rings (SSSR count). The molecule has 35 heavy (non-hydrogen) atoms. The van der Waals surface area contributed by atoms with Gasteiger partial charge in [0.05, 0.1) is 18.0 Å². The number of aliphatic hydroxyl groups excluding tert-OH is 2. The first-order valence-corrected chi connectivity index (χ1v) is 11.7. The summed E-state index contributed by atoms with van der Waals surface area (Å²) in [7, 11) is 0. The van der Waals surface area contributed by atoms with Gasteiger partial charge in [0.2, 0.25) is 5.89 Å². The average Bonchev–Trinajstić information content (AvgIpc) is 3.48. The van der Waals surface area contributed by atoms with E-state index in [2.05, 4.69) is 20.2 Å². The van der Waals surface area contributed by atoms with Gasteiger partial charge < -0.3 is 35.3 Å². The third-order valence-corrected chi connectivity index (χ3v) is 6.66. The smallest absolute Gasteiger partial charge is 0.277 e. The molecule has 10 heteroatoms. The summed E-state index contributed by atoms with van der Waals surface area (Å²) in [4.78, 5) is 23.6. The Morgan fingerprint density at radius 3 is 2.80 bits per heavy atom. The zero-order valence-corrected chi connectivity index (χ0v) is 19.5. The van der Waals surface area contributed by atoms with E-state index in [9.17, 15) is 15.0 Å². The third-order valence-electron chi connectivity index (χ3n) is 6.66. The average molecular weight is 480 g/mol. The highest BCUT2D eigenvalue weighted by Gasteiger charge is 2.36. The molecular formula is C25H29N5O5. The van der Waals surface area contributed by atoms with Crippen LogP contribution in [0.1, 0.15) is 35.8 Å². The van der Waals surface area contributed by atoms with Crippen LogP contribution in [0.5, 0.6) is 5.75 Å². The Balaban J connectivity index is 1.42. The van der Waals surface area contributed by atoms with Gasteiger partial charge in [-0.05, 0) is 43.9 Å². The summed E-state index contributed by atoms with van der Waals surface area (Å²) in [6.45, 7) is 3.43. The fourth-order valence-electron chi connectivity index (χ4n) is 4.64. The minimum absolute atomic E-state index is 0.109. The lowest BCUT2D eigenvalue weighted by Crippen LogP contribution is -2.35. The highest BCUT2D eigenvalue weighted by Crippen LogP contribution is 2.42. The molecule has 2 aromatic heterocycles. The second kappa shape index (κ2) is 9.20. The van der Waals surface area contributed by atoms with Gasteiger partial charge in [-0.15, -0.1) is 0 Å². The quantitative estimate of drug-likeness (QED) is 0.418. The summed E-state index contributed by atoms with van der Waals surface area (Å²) in [6.07, 6.45) is 5.11. The maximum atomic E-state index is 13.1. The van der Waals surface area contributed by atoms with Gasteiger partial charge in [-0.25, -0.2) is 9.97 Å². The first-order valence-electron chi connectivity index (χ1n) is 11.7. The van der Waals surface area contributed by atoms with Gasteiger partial charge >= 0.3 is 0 Å². The van der Waals surface area contributed by atoms with Crippen LogP contribution in [0.4, 0.5) is 17.2 Å². The number of nitrogens with zero attached hydrogens (tertiary/aromatic N) is 3. The number of ether oxygens (including phenoxy) is 1. The Morgan fingerprint density at radius 1 is 1.29 bits per heavy atom. The van der Waals surface area contributed by atoms with Crippen molar-refractivity contribution in [3.8, 4) is 17.2 Å². The molecule has 2 aliphatic rings. The number of hydrogen-bond acceptors (Lipinski definition) is 9. The zero-order valence-electron chi connectivity index (χ0n) is 19.5. The van der Waals surface area contributed by atoms with Gasteiger partial charge in [-0.2, -0.15) is 0 Å². The standard InChI is InChI=1S/C25H29N5O5/c1-25(14-32)11-17-8-18(20(10-21(17)35-25)30-6-3-15(12-31)4-7-30)28-23(33)19-13-34-24(29-19)16-2-5-27-22(26)9-16/h2,5,8-10,13,15,31-32H,3-4,6-7,11-12,14H2,1H3,(H2,26,27)(H,28,33). The van der Waals surface area contributed by atoms with Crippen molar-refractivity contribution >= 4 is 23.1 Å². The van der Waals surface area contributed by atoms with Crippen LogP contribution in [0.3, 0.4) is 0 Å². The molecule has 1 amide bonds. The molecular weight excluding hydrogens is 450 g/mol. The van der Waals surface area contributed by atoms with Crippen LogP contribution < -0.4 is 20.7 Å². The number of amides is 1. The number of fused-ring (bicyclic) bond motifs is 1. The third kappa shape index (κ3) is 4.67. The maximum Gasteiger partial charge on any atom is 0.277 e. The number of nitrogen functional groups attached to an aromatic ring is 1. The van der Waals surface area contributed by atoms with Crippen LogP contribution >= 0.6 is 0 Å². The number of aliphatic hydroxyl groups is 2. The number of oxazole rings is 1. The fraction of sp³-hybridized carbons (Fsp3) is 0.400. The molecule has 0 saturated carbocycles. The molecule has 0 aliphatic carbocycles. The van der Waals surface area contributed by atoms with Gasteiger partial charge in [0, 0.05) is 49.5 Å². The van der Waals surface area contributed by atoms with Crippen molar-refractivity contribution < 1.29 is 24.2 Å². The van der Waals surface area contributed by atoms with Crippen LogP contribution in [0.2, 0.25) is 0 Å². The molecule has 184 valence electrons. The zero-order chi connectivity index (χ0) is 24.6. The van der Waals surface area contributed by atoms with E-state index in [0.717, 1.165) is 37.2 Å². The number of rotatable bonds is 6. The topological polar surface area (TPSA) is 147 Å². The van der Waals surface area contributed by atoms with Crippen molar-refractivity contribution in [3.63, 3.8) is 0 Å². The number of benzene rings is 1. The molecule has 2 aliphatic heterocycles. The van der Waals surface area contributed by atoms with Gasteiger partial charge in [-0.3, -0.25) is 4.79 Å². The van der Waals surface area contributed by atoms with E-state index in [4.69, 9.17) is 14.9 Å². The molecule has 4 heterocycles. The normalized spacial score (nSPS) is 19.9. The first-order chi connectivity index (χ1) is 16.9. The number of hydrogen-bond donors (Lipinski definition) is 4. The van der Waals surface area contributed by atoms with Crippen molar-refractivity contribution in [1.82, 2.24) is 9.97 Å². The maximum absolute atomic E-state index is 13.1. The lowest BCUT2D eigenvalue weighted by Gasteiger charge is -2.34. The minimum Gasteiger partial charge on any atom is -0.484 e. The number of piperidine rings is 1. The SMILES string of the molecule is CC1(CO)Cc2cc(NC(=O)c3coc(-c4ccnc(N)c4)n3)c(N3CCC(CO)CC3)cc2O1. The molecule has 1 aromatic carbocycles. The van der Waals surface area contributed by atoms with E-state index in [0.29, 0.717) is 29.2 Å². The monoisotopic (exact) mass is 479 g/mol. The van der Waals surface area contributed by atoms with Crippen molar-refractivity contribution in [2.24, 2.45) is 5.92 Å². The molecule has 5 N–H and O–H groups in total. The van der Waals surface area contributed by atoms with E-state index in [1.165, 1.54) is 6.26 Å². The van der Waals surface area contributed by atoms with E-state index in [1.807, 2.05) is 19.1 Å². The highest BCUT2D eigenvalue weighted by molar-refractivity contribution is 6.05. The molecule has 0 spiro atoms. The second-order valence-corrected chi connectivity index (χ2v) is 9.44. The molecule has 3 aromatic rings. The summed E-state index contributed by atoms with van der Waals surface area (Å²) in [5, 5.41) is 22.3. The van der Waals surface area contributed by atoms with E-state index in [-0.39, 0.29) is 30.7 Å². The molecule has 0 bridgehead atoms. The molecule has 1 unspecified atom stereocenters. The summed E-state index contributed by atoms with van der Waals surface area (Å²) in [5.74, 6) is 1.19. The Bertz CT molecular complexity index is 1240. The van der Waals surface area contributed by atoms with Gasteiger partial charge in [-0.1, -0.05) is 0 Å². The van der Waals surface area contributed by atoms with Crippen LogP contribution in [-0.4, -0.2) is 58.0 Å². The van der Waals surface area contributed by atoms with Crippen molar-refractivity contribution in [2.75, 3.05) is 42.3 Å². The predicted molar refractivity (Wildman–Crippen MR) is 130 cm³/mol. The Kier molecular flexibility index (Phi) is 6.08. The lowest BCUT2D eigenvalue weighted by molar-refractivity contribution is 0.0447. The van der Waals surface area contributed by atoms with E-state index in [1.54, 1.807) is 18.3 Å². The van der Waals surface area contributed by atoms with E-state index >= 15 is 0 Å². The number of anilines is 3. The van der Waals surface area contributed by atoms with Gasteiger partial charge in [0.15, 0.2) is 5.69 Å². The fourth-order valence-corrected chi connectivity index (χ4v) is 4.64. The number of nitrogens with one attached hydrogen (secondary N) is 1. The number of aromatic nitrogens is 2. The predicted octanol–water partition coefficient (Wildman–Crippen LogP) is 2.47. The highest BCUT2D eigenvalue weighted by atomic mass is 16.5. The largest absolute Gasteiger partial charge is 0.484 e. The van der Waals surface area contributed by atoms with Crippen LogP contribution in [-0.2, 0) is 6.42 Å². The Morgan fingerprint density at radius 2 is 2.09 bits per heavy atom. The summed E-state index contributed by atoms with van der Waals surface area (Å²) in [5.41, 5.74) is 8.20. The van der Waals surface area contributed by atoms with Crippen LogP contribution in [0.15, 0.2) is 41.1 Å². The number of carbonyl (C=O) groups is 1. The van der Waals surface area contributed by atoms with Crippen LogP contribution in [0.25, 0.3) is 11.5 Å². The summed E-state index contributed by atoms with van der Waals surface area (Å²) >= 11 is 0. The van der Waals surface area contributed by atoms with Crippen LogP contribution in [0, 0.1) is 5.92 Å². The van der Waals surface area contributed by atoms with Gasteiger partial charge in [0.1, 0.15) is 23.4 Å². The van der Waals surface area contributed by atoms with E-state index < -0.39 is 11.5 Å². The lowest BCUT2D eigenvalue weighted by atomic mass is 9.96. The number of carbonyl (C=O) groups excluding carboxylic acids is 1. The first kappa shape index (κ1) is 23.1. The second-order valence-electron chi connectivity index (χ2n) is 9.44. The summed E-state index contributed by atoms with van der Waals surface area (Å²) in [6, 6.07) is 7.17. The number of nitrogens with two attached hydrogens (primary N) is 1. The minimum atomic E-state index is -0.695. The number of pyridine rings is 1. The molecule has 1 saturated heterocycles. The molecule has 10 nitrogen and oxygen atoms in total. The Hall–Kier alpha value is -3.63. The molecule has 0 radical (unpaired) electrons. The van der Waals surface area contributed by atoms with Crippen molar-refractivity contribution in [3.05, 3.63) is 48.0 Å². The molecule has 1 atom stereocenters. The Labute approximate surface area is 202 Å². The van der Waals surface area contributed by atoms with Crippen molar-refractivity contribution in [2.45, 2.75) is 31.8 Å².